The average molecular weight is 506 g/mol. The normalized spacial score (nSPS) is 20.2. The highest BCUT2D eigenvalue weighted by atomic mass is 19.4. The molecule has 1 saturated carbocycles. The Labute approximate surface area is 214 Å². The monoisotopic (exact) mass is 505 g/mol. The quantitative estimate of drug-likeness (QED) is 0.364. The highest BCUT2D eigenvalue weighted by Gasteiger charge is 2.40. The first-order valence-corrected chi connectivity index (χ1v) is 13.0. The Morgan fingerprint density at radius 1 is 0.944 bits per heavy atom. The lowest BCUT2D eigenvalue weighted by molar-refractivity contribution is -0.157. The lowest BCUT2D eigenvalue weighted by atomic mass is 9.72. The number of halogens is 3. The van der Waals surface area contributed by atoms with Gasteiger partial charge < -0.3 is 14.8 Å². The van der Waals surface area contributed by atoms with Crippen molar-refractivity contribution in [1.82, 2.24) is 5.32 Å². The lowest BCUT2D eigenvalue weighted by Crippen LogP contribution is -2.35. The van der Waals surface area contributed by atoms with E-state index in [4.69, 9.17) is 9.47 Å². The van der Waals surface area contributed by atoms with Gasteiger partial charge in [0.25, 0.3) is 0 Å². The van der Waals surface area contributed by atoms with Crippen molar-refractivity contribution >= 4 is 10.8 Å². The molecule has 3 rings (SSSR count). The molecular formula is C30H42F3NO2. The summed E-state index contributed by atoms with van der Waals surface area (Å²) in [6, 6.07) is 8.78. The first kappa shape index (κ1) is 28.4. The molecule has 1 aliphatic carbocycles. The number of ether oxygens (including phenoxy) is 2. The zero-order valence-electron chi connectivity index (χ0n) is 22.6. The molecule has 36 heavy (non-hydrogen) atoms. The maximum Gasteiger partial charge on any atom is 0.407 e. The van der Waals surface area contributed by atoms with Crippen LogP contribution in [0.15, 0.2) is 48.7 Å². The molecule has 0 heterocycles. The fourth-order valence-electron chi connectivity index (χ4n) is 5.00. The molecule has 2 aromatic carbocycles. The number of hydrogen-bond acceptors (Lipinski definition) is 3. The van der Waals surface area contributed by atoms with E-state index in [-0.39, 0.29) is 18.2 Å². The second-order valence-corrected chi connectivity index (χ2v) is 12.2. The van der Waals surface area contributed by atoms with Crippen LogP contribution in [0.5, 0.6) is 5.75 Å². The summed E-state index contributed by atoms with van der Waals surface area (Å²) in [5.41, 5.74) is 0.0856. The SMILES string of the molecule is C=C(CCNC(c1ccc2cc(OC3CCC(C(C)(C)C)CC3)ccc2c1)C(F)(F)F)OC(C)(C)C. The molecule has 0 aromatic heterocycles. The van der Waals surface area contributed by atoms with Gasteiger partial charge in [-0.2, -0.15) is 13.2 Å². The minimum Gasteiger partial charge on any atom is -0.493 e. The standard InChI is InChI=1S/C30H42F3NO2/c1-20(36-29(5,6)7)16-17-34-27(30(31,32)33)23-9-8-22-19-26(13-10-21(22)18-23)35-25-14-11-24(12-15-25)28(2,3)4/h8-10,13,18-19,24-25,27,34H,1,11-12,14-17H2,2-7H3. The third-order valence-electron chi connectivity index (χ3n) is 6.90. The molecule has 0 radical (unpaired) electrons. The Kier molecular flexibility index (Phi) is 8.70. The summed E-state index contributed by atoms with van der Waals surface area (Å²) < 4.78 is 53.6. The van der Waals surface area contributed by atoms with Crippen molar-refractivity contribution in [3.8, 4) is 5.75 Å². The molecule has 1 aliphatic rings. The third kappa shape index (κ3) is 8.16. The number of benzene rings is 2. The molecule has 0 saturated heterocycles. The summed E-state index contributed by atoms with van der Waals surface area (Å²) in [4.78, 5) is 0. The summed E-state index contributed by atoms with van der Waals surface area (Å²) >= 11 is 0. The van der Waals surface area contributed by atoms with Crippen molar-refractivity contribution in [1.29, 1.82) is 0 Å². The highest BCUT2D eigenvalue weighted by Crippen LogP contribution is 2.39. The van der Waals surface area contributed by atoms with Crippen LogP contribution in [0, 0.1) is 11.3 Å². The van der Waals surface area contributed by atoms with Gasteiger partial charge in [0.2, 0.25) is 0 Å². The minimum atomic E-state index is -4.42. The van der Waals surface area contributed by atoms with E-state index >= 15 is 0 Å². The van der Waals surface area contributed by atoms with Crippen LogP contribution in [0.2, 0.25) is 0 Å². The molecule has 6 heteroatoms. The van der Waals surface area contributed by atoms with E-state index in [1.807, 2.05) is 39.0 Å². The van der Waals surface area contributed by atoms with Crippen LogP contribution in [-0.2, 0) is 4.74 Å². The zero-order chi connectivity index (χ0) is 26.7. The van der Waals surface area contributed by atoms with E-state index < -0.39 is 17.8 Å². The second kappa shape index (κ2) is 11.0. The number of nitrogens with one attached hydrogen (secondary N) is 1. The van der Waals surface area contributed by atoms with Gasteiger partial charge in [-0.3, -0.25) is 0 Å². The van der Waals surface area contributed by atoms with E-state index in [1.54, 1.807) is 18.2 Å². The topological polar surface area (TPSA) is 30.5 Å². The zero-order valence-corrected chi connectivity index (χ0v) is 22.6. The van der Waals surface area contributed by atoms with Gasteiger partial charge in [-0.25, -0.2) is 0 Å². The van der Waals surface area contributed by atoms with Gasteiger partial charge in [-0.15, -0.1) is 0 Å². The van der Waals surface area contributed by atoms with Gasteiger partial charge in [-0.1, -0.05) is 45.5 Å². The molecule has 0 aliphatic heterocycles. The van der Waals surface area contributed by atoms with Crippen LogP contribution in [0.3, 0.4) is 0 Å². The predicted octanol–water partition coefficient (Wildman–Crippen LogP) is 8.74. The van der Waals surface area contributed by atoms with Gasteiger partial charge in [0.15, 0.2) is 0 Å². The van der Waals surface area contributed by atoms with E-state index in [9.17, 15) is 13.2 Å². The largest absolute Gasteiger partial charge is 0.493 e. The van der Waals surface area contributed by atoms with Crippen LogP contribution >= 0.6 is 0 Å². The highest BCUT2D eigenvalue weighted by molar-refractivity contribution is 5.84. The van der Waals surface area contributed by atoms with Crippen LogP contribution in [0.1, 0.15) is 85.3 Å². The fourth-order valence-corrected chi connectivity index (χ4v) is 5.00. The Balaban J connectivity index is 1.65. The van der Waals surface area contributed by atoms with Crippen molar-refractivity contribution in [2.24, 2.45) is 11.3 Å². The molecule has 2 aromatic rings. The molecule has 1 N–H and O–H groups in total. The molecule has 200 valence electrons. The van der Waals surface area contributed by atoms with Crippen LogP contribution in [0.4, 0.5) is 13.2 Å². The summed E-state index contributed by atoms with van der Waals surface area (Å²) in [5, 5.41) is 4.27. The summed E-state index contributed by atoms with van der Waals surface area (Å²) in [6.07, 6.45) is 0.455. The fraction of sp³-hybridized carbons (Fsp3) is 0.600. The second-order valence-electron chi connectivity index (χ2n) is 12.2. The average Bonchev–Trinajstić information content (AvgIpc) is 2.74. The first-order valence-electron chi connectivity index (χ1n) is 13.0. The Bertz CT molecular complexity index is 1030. The number of fused-ring (bicyclic) bond motifs is 1. The van der Waals surface area contributed by atoms with E-state index in [2.05, 4.69) is 32.7 Å². The maximum atomic E-state index is 13.9. The Morgan fingerprint density at radius 2 is 1.56 bits per heavy atom. The van der Waals surface area contributed by atoms with Gasteiger partial charge in [0.05, 0.1) is 11.9 Å². The molecule has 1 atom stereocenters. The lowest BCUT2D eigenvalue weighted by Gasteiger charge is -2.37. The number of alkyl halides is 3. The number of hydrogen-bond donors (Lipinski definition) is 1. The Morgan fingerprint density at radius 3 is 2.14 bits per heavy atom. The van der Waals surface area contributed by atoms with E-state index in [0.29, 0.717) is 23.5 Å². The predicted molar refractivity (Wildman–Crippen MR) is 141 cm³/mol. The van der Waals surface area contributed by atoms with Crippen LogP contribution in [0.25, 0.3) is 10.8 Å². The van der Waals surface area contributed by atoms with Crippen molar-refractivity contribution < 1.29 is 22.6 Å². The molecular weight excluding hydrogens is 463 g/mol. The van der Waals surface area contributed by atoms with Crippen LogP contribution in [-0.4, -0.2) is 24.4 Å². The molecule has 0 spiro atoms. The first-order chi connectivity index (χ1) is 16.6. The van der Waals surface area contributed by atoms with E-state index in [0.717, 1.165) is 42.2 Å². The van der Waals surface area contributed by atoms with Crippen molar-refractivity contribution in [2.45, 2.75) is 97.6 Å². The van der Waals surface area contributed by atoms with Crippen molar-refractivity contribution in [3.05, 3.63) is 54.3 Å². The summed E-state index contributed by atoms with van der Waals surface area (Å²) in [6.45, 7) is 16.5. The van der Waals surface area contributed by atoms with Crippen molar-refractivity contribution in [3.63, 3.8) is 0 Å². The molecule has 3 nitrogen and oxygen atoms in total. The minimum absolute atomic E-state index is 0.112. The third-order valence-corrected chi connectivity index (χ3v) is 6.90. The summed E-state index contributed by atoms with van der Waals surface area (Å²) in [7, 11) is 0. The van der Waals surface area contributed by atoms with Gasteiger partial charge in [0.1, 0.15) is 17.4 Å². The molecule has 1 fully saturated rings. The molecule has 0 bridgehead atoms. The smallest absolute Gasteiger partial charge is 0.407 e. The Hall–Kier alpha value is -2.21. The van der Waals surface area contributed by atoms with Gasteiger partial charge in [0, 0.05) is 13.0 Å². The molecule has 1 unspecified atom stereocenters. The number of rotatable bonds is 8. The van der Waals surface area contributed by atoms with Gasteiger partial charge >= 0.3 is 6.18 Å². The van der Waals surface area contributed by atoms with E-state index in [1.165, 1.54) is 0 Å². The molecule has 0 amide bonds. The van der Waals surface area contributed by atoms with Gasteiger partial charge in [-0.05, 0) is 92.3 Å². The maximum absolute atomic E-state index is 13.9. The van der Waals surface area contributed by atoms with Crippen molar-refractivity contribution in [2.75, 3.05) is 6.54 Å². The summed E-state index contributed by atoms with van der Waals surface area (Å²) in [5.74, 6) is 1.96. The van der Waals surface area contributed by atoms with Crippen LogP contribution < -0.4 is 10.1 Å².